The molecule has 0 amide bonds. The van der Waals surface area contributed by atoms with E-state index >= 15 is 0 Å². The highest BCUT2D eigenvalue weighted by atomic mass is 31.1. The zero-order valence-corrected chi connectivity index (χ0v) is 13.8. The summed E-state index contributed by atoms with van der Waals surface area (Å²) in [5.41, 5.74) is 4.08. The number of fused-ring (bicyclic) bond motifs is 2. The van der Waals surface area contributed by atoms with Gasteiger partial charge in [-0.1, -0.05) is 56.4 Å². The van der Waals surface area contributed by atoms with Crippen LogP contribution in [0.3, 0.4) is 0 Å². The zero-order valence-electron chi connectivity index (χ0n) is 12.9. The molecule has 0 aromatic heterocycles. The van der Waals surface area contributed by atoms with Gasteiger partial charge < -0.3 is 0 Å². The molecule has 2 aliphatic rings. The first-order valence-corrected chi connectivity index (χ1v) is 9.04. The van der Waals surface area contributed by atoms with Gasteiger partial charge in [-0.2, -0.15) is 0 Å². The molecule has 2 fully saturated rings. The van der Waals surface area contributed by atoms with Gasteiger partial charge in [-0.05, 0) is 53.0 Å². The van der Waals surface area contributed by atoms with Gasteiger partial charge in [0.15, 0.2) is 0 Å². The molecule has 3 unspecified atom stereocenters. The van der Waals surface area contributed by atoms with Crippen molar-refractivity contribution in [3.8, 4) is 0 Å². The van der Waals surface area contributed by atoms with Crippen molar-refractivity contribution < 1.29 is 0 Å². The smallest absolute Gasteiger partial charge is 0.0143 e. The van der Waals surface area contributed by atoms with Crippen molar-refractivity contribution in [1.29, 1.82) is 0 Å². The summed E-state index contributed by atoms with van der Waals surface area (Å²) in [4.78, 5) is 0. The van der Waals surface area contributed by atoms with E-state index in [9.17, 15) is 0 Å². The Bertz CT molecular complexity index is 284. The number of rotatable bonds is 3. The Morgan fingerprint density at radius 1 is 1.00 bits per heavy atom. The highest BCUT2D eigenvalue weighted by Gasteiger charge is 2.62. The van der Waals surface area contributed by atoms with Crippen LogP contribution >= 0.6 is 7.92 Å². The Balaban J connectivity index is 2.30. The van der Waals surface area contributed by atoms with Crippen molar-refractivity contribution in [3.63, 3.8) is 0 Å². The highest BCUT2D eigenvalue weighted by molar-refractivity contribution is 7.59. The number of hydrogen-bond acceptors (Lipinski definition) is 0. The first kappa shape index (κ1) is 13.9. The molecule has 17 heavy (non-hydrogen) atoms. The van der Waals surface area contributed by atoms with Crippen molar-refractivity contribution in [2.24, 2.45) is 16.7 Å². The lowest BCUT2D eigenvalue weighted by molar-refractivity contribution is 0.155. The van der Waals surface area contributed by atoms with Gasteiger partial charge in [-0.15, -0.1) is 0 Å². The van der Waals surface area contributed by atoms with E-state index in [4.69, 9.17) is 0 Å². The van der Waals surface area contributed by atoms with Crippen molar-refractivity contribution >= 4 is 7.92 Å². The molecule has 0 saturated heterocycles. The van der Waals surface area contributed by atoms with Crippen molar-refractivity contribution in [2.45, 2.75) is 84.7 Å². The second-order valence-corrected chi connectivity index (χ2v) is 11.3. The van der Waals surface area contributed by atoms with Crippen LogP contribution in [0.2, 0.25) is 0 Å². The van der Waals surface area contributed by atoms with Crippen LogP contribution in [0.1, 0.15) is 67.7 Å². The van der Waals surface area contributed by atoms with Gasteiger partial charge in [0.05, 0.1) is 0 Å². The molecule has 2 aliphatic carbocycles. The molecule has 0 nitrogen and oxygen atoms in total. The molecular weight excluding hydrogens is 223 g/mol. The maximum Gasteiger partial charge on any atom is -0.0143 e. The molecule has 3 atom stereocenters. The first-order chi connectivity index (χ1) is 7.72. The molecule has 0 radical (unpaired) electrons. The van der Waals surface area contributed by atoms with Crippen LogP contribution in [0.15, 0.2) is 0 Å². The molecular formula is C16H31P. The summed E-state index contributed by atoms with van der Waals surface area (Å²) in [6.45, 7) is 17.6. The van der Waals surface area contributed by atoms with Crippen LogP contribution in [0, 0.1) is 16.7 Å². The van der Waals surface area contributed by atoms with E-state index in [0.29, 0.717) is 10.8 Å². The van der Waals surface area contributed by atoms with Gasteiger partial charge in [0.1, 0.15) is 0 Å². The normalized spacial score (nSPS) is 39.9. The lowest BCUT2D eigenvalue weighted by Gasteiger charge is -2.46. The minimum Gasteiger partial charge on any atom is -0.0977 e. The summed E-state index contributed by atoms with van der Waals surface area (Å²) in [5, 5.41) is 0. The molecule has 0 aromatic carbocycles. The third-order valence-electron chi connectivity index (χ3n) is 6.30. The molecule has 0 aromatic rings. The SMILES string of the molecule is CC(C)P(C(C)C)C1CC2CCC1(C)C2(C)C. The van der Waals surface area contributed by atoms with Crippen LogP contribution < -0.4 is 0 Å². The average molecular weight is 254 g/mol. The predicted octanol–water partition coefficient (Wildman–Crippen LogP) is 5.50. The van der Waals surface area contributed by atoms with Crippen molar-refractivity contribution in [1.82, 2.24) is 0 Å². The molecule has 2 saturated carbocycles. The summed E-state index contributed by atoms with van der Waals surface area (Å²) >= 11 is 0. The lowest BCUT2D eigenvalue weighted by Crippen LogP contribution is -2.36. The first-order valence-electron chi connectivity index (χ1n) is 7.49. The summed E-state index contributed by atoms with van der Waals surface area (Å²) in [6, 6.07) is 0. The standard InChI is InChI=1S/C16H31P/c1-11(2)17(12(3)4)14-10-13-8-9-16(14,7)15(13,5)6/h11-14H,8-10H2,1-7H3. The van der Waals surface area contributed by atoms with Crippen LogP contribution in [0.5, 0.6) is 0 Å². The summed E-state index contributed by atoms with van der Waals surface area (Å²) in [7, 11) is 0.198. The molecule has 0 N–H and O–H groups in total. The largest absolute Gasteiger partial charge is 0.0977 e. The van der Waals surface area contributed by atoms with E-state index in [-0.39, 0.29) is 7.92 Å². The van der Waals surface area contributed by atoms with Gasteiger partial charge in [0.25, 0.3) is 0 Å². The Morgan fingerprint density at radius 3 is 1.82 bits per heavy atom. The Kier molecular flexibility index (Phi) is 3.44. The third-order valence-corrected chi connectivity index (χ3v) is 10.2. The van der Waals surface area contributed by atoms with Crippen LogP contribution in [0.25, 0.3) is 0 Å². The summed E-state index contributed by atoms with van der Waals surface area (Å²) in [6.07, 6.45) is 4.53. The summed E-state index contributed by atoms with van der Waals surface area (Å²) < 4.78 is 0. The second-order valence-electron chi connectivity index (χ2n) is 7.76. The average Bonchev–Trinajstić information content (AvgIpc) is 2.49. The van der Waals surface area contributed by atoms with E-state index in [1.807, 2.05) is 0 Å². The minimum absolute atomic E-state index is 0.198. The van der Waals surface area contributed by atoms with Crippen LogP contribution in [-0.2, 0) is 0 Å². The summed E-state index contributed by atoms with van der Waals surface area (Å²) in [5.74, 6) is 1.01. The van der Waals surface area contributed by atoms with E-state index in [1.165, 1.54) is 19.3 Å². The van der Waals surface area contributed by atoms with Gasteiger partial charge in [0, 0.05) is 0 Å². The fourth-order valence-corrected chi connectivity index (χ4v) is 9.18. The van der Waals surface area contributed by atoms with E-state index < -0.39 is 0 Å². The van der Waals surface area contributed by atoms with Gasteiger partial charge >= 0.3 is 0 Å². The van der Waals surface area contributed by atoms with Gasteiger partial charge in [-0.3, -0.25) is 0 Å². The van der Waals surface area contributed by atoms with Crippen LogP contribution in [-0.4, -0.2) is 17.0 Å². The predicted molar refractivity (Wildman–Crippen MR) is 80.2 cm³/mol. The second kappa shape index (κ2) is 4.22. The zero-order chi connectivity index (χ0) is 13.0. The topological polar surface area (TPSA) is 0 Å². The lowest BCUT2D eigenvalue weighted by atomic mass is 9.71. The highest BCUT2D eigenvalue weighted by Crippen LogP contribution is 2.74. The monoisotopic (exact) mass is 254 g/mol. The van der Waals surface area contributed by atoms with E-state index in [2.05, 4.69) is 48.5 Å². The van der Waals surface area contributed by atoms with Crippen molar-refractivity contribution in [3.05, 3.63) is 0 Å². The molecule has 0 spiro atoms. The fraction of sp³-hybridized carbons (Fsp3) is 1.00. The third kappa shape index (κ3) is 1.81. The quantitative estimate of drug-likeness (QED) is 0.583. The van der Waals surface area contributed by atoms with Crippen molar-refractivity contribution in [2.75, 3.05) is 0 Å². The molecule has 0 aliphatic heterocycles. The number of hydrogen-bond donors (Lipinski definition) is 0. The Labute approximate surface area is 110 Å². The molecule has 100 valence electrons. The van der Waals surface area contributed by atoms with E-state index in [0.717, 1.165) is 22.9 Å². The van der Waals surface area contributed by atoms with Gasteiger partial charge in [-0.25, -0.2) is 0 Å². The molecule has 0 heterocycles. The Hall–Kier alpha value is 0.430. The fourth-order valence-electron chi connectivity index (χ4n) is 4.93. The minimum atomic E-state index is 0.198. The maximum absolute atomic E-state index is 2.62. The molecule has 2 rings (SSSR count). The Morgan fingerprint density at radius 2 is 1.53 bits per heavy atom. The van der Waals surface area contributed by atoms with Gasteiger partial charge in [0.2, 0.25) is 0 Å². The molecule has 2 bridgehead atoms. The van der Waals surface area contributed by atoms with E-state index in [1.54, 1.807) is 0 Å². The molecule has 1 heteroatoms. The van der Waals surface area contributed by atoms with Crippen LogP contribution in [0.4, 0.5) is 0 Å². The maximum atomic E-state index is 2.62.